The number of rotatable bonds is 9. The molecule has 0 unspecified atom stereocenters. The van der Waals surface area contributed by atoms with E-state index in [4.69, 9.17) is 23.7 Å². The topological polar surface area (TPSA) is 114 Å². The highest BCUT2D eigenvalue weighted by atomic mass is 16.6. The molecule has 0 aromatic heterocycles. The summed E-state index contributed by atoms with van der Waals surface area (Å²) in [5, 5.41) is 0. The van der Waals surface area contributed by atoms with Crippen LogP contribution in [-0.2, 0) is 42.9 Å². The molecule has 1 saturated heterocycles. The van der Waals surface area contributed by atoms with Gasteiger partial charge in [-0.3, -0.25) is 14.4 Å². The minimum atomic E-state index is -1.33. The van der Waals surface area contributed by atoms with Gasteiger partial charge >= 0.3 is 23.9 Å². The van der Waals surface area contributed by atoms with Crippen molar-refractivity contribution in [1.82, 2.24) is 0 Å². The standard InChI is InChI=1S/C32H42O9/c1-7-11-27(35)39-25-16-20(2)32-18-24(30(5,6)41-32)17-26(40-28(36)15-14-23-12-9-8-10-13-23)31(32,19-37-21(3)33)29(25)38-22(4)34/h8-10,12-15,20,24-26,29H,7,11,16-19H2,1-6H3/b15-14+/t20-,24-,25+,26+,29-,31-,32+/m1/s1. The first-order chi connectivity index (χ1) is 19.3. The van der Waals surface area contributed by atoms with Crippen LogP contribution in [0.5, 0.6) is 0 Å². The van der Waals surface area contributed by atoms with Crippen molar-refractivity contribution in [3.05, 3.63) is 42.0 Å². The first-order valence-corrected chi connectivity index (χ1v) is 14.5. The van der Waals surface area contributed by atoms with Gasteiger partial charge in [0.25, 0.3) is 0 Å². The Morgan fingerprint density at radius 3 is 2.34 bits per heavy atom. The minimum Gasteiger partial charge on any atom is -0.465 e. The molecule has 1 aromatic carbocycles. The van der Waals surface area contributed by atoms with E-state index >= 15 is 0 Å². The van der Waals surface area contributed by atoms with Crippen molar-refractivity contribution in [2.24, 2.45) is 17.3 Å². The van der Waals surface area contributed by atoms with Crippen molar-refractivity contribution >= 4 is 30.0 Å². The average Bonchev–Trinajstić information content (AvgIpc) is 3.13. The second-order valence-corrected chi connectivity index (χ2v) is 12.2. The van der Waals surface area contributed by atoms with Crippen LogP contribution in [0.1, 0.15) is 79.2 Å². The van der Waals surface area contributed by atoms with E-state index in [1.165, 1.54) is 19.9 Å². The molecular weight excluding hydrogens is 528 g/mol. The summed E-state index contributed by atoms with van der Waals surface area (Å²) < 4.78 is 30.8. The molecule has 9 heteroatoms. The van der Waals surface area contributed by atoms with Gasteiger partial charge in [0.15, 0.2) is 6.10 Å². The van der Waals surface area contributed by atoms with Crippen LogP contribution in [0.3, 0.4) is 0 Å². The highest BCUT2D eigenvalue weighted by molar-refractivity contribution is 5.87. The molecule has 0 N–H and O–H groups in total. The van der Waals surface area contributed by atoms with Gasteiger partial charge in [-0.05, 0) is 63.0 Å². The highest BCUT2D eigenvalue weighted by Crippen LogP contribution is 2.67. The lowest BCUT2D eigenvalue weighted by molar-refractivity contribution is -0.300. The van der Waals surface area contributed by atoms with Gasteiger partial charge in [0.1, 0.15) is 24.2 Å². The summed E-state index contributed by atoms with van der Waals surface area (Å²) in [6.07, 6.45) is 2.36. The summed E-state index contributed by atoms with van der Waals surface area (Å²) >= 11 is 0. The van der Waals surface area contributed by atoms with Crippen molar-refractivity contribution in [3.8, 4) is 0 Å². The van der Waals surface area contributed by atoms with E-state index in [-0.39, 0.29) is 24.9 Å². The molecular formula is C32H42O9. The van der Waals surface area contributed by atoms with Crippen molar-refractivity contribution in [1.29, 1.82) is 0 Å². The SMILES string of the molecule is CCCC(=O)O[C@H]1C[C@@H](C)[C@@]23C[C@@H](C[C@H](OC(=O)/C=C/c4ccccc4)[C@]2(COC(C)=O)[C@@H]1OC(C)=O)C(C)(C)O3. The normalized spacial score (nSPS) is 33.5. The van der Waals surface area contributed by atoms with E-state index in [9.17, 15) is 19.2 Å². The Bertz CT molecular complexity index is 1170. The van der Waals surface area contributed by atoms with Crippen LogP contribution in [0.4, 0.5) is 0 Å². The largest absolute Gasteiger partial charge is 0.465 e. The van der Waals surface area contributed by atoms with E-state index in [0.717, 1.165) is 5.56 Å². The molecule has 3 fully saturated rings. The third kappa shape index (κ3) is 5.92. The summed E-state index contributed by atoms with van der Waals surface area (Å²) in [6, 6.07) is 9.36. The Morgan fingerprint density at radius 1 is 1.00 bits per heavy atom. The molecule has 2 saturated carbocycles. The number of hydrogen-bond donors (Lipinski definition) is 0. The first-order valence-electron chi connectivity index (χ1n) is 14.5. The van der Waals surface area contributed by atoms with Gasteiger partial charge in [0.05, 0.1) is 11.2 Å². The Balaban J connectivity index is 1.83. The maximum Gasteiger partial charge on any atom is 0.331 e. The molecule has 2 bridgehead atoms. The molecule has 1 heterocycles. The predicted octanol–water partition coefficient (Wildman–Crippen LogP) is 4.80. The molecule has 0 amide bonds. The van der Waals surface area contributed by atoms with E-state index < -0.39 is 58.8 Å². The van der Waals surface area contributed by atoms with Gasteiger partial charge in [0, 0.05) is 26.3 Å². The van der Waals surface area contributed by atoms with Crippen molar-refractivity contribution in [3.63, 3.8) is 0 Å². The van der Waals surface area contributed by atoms with Gasteiger partial charge in [-0.25, -0.2) is 4.79 Å². The number of hydrogen-bond acceptors (Lipinski definition) is 9. The molecule has 9 nitrogen and oxygen atoms in total. The predicted molar refractivity (Wildman–Crippen MR) is 149 cm³/mol. The maximum atomic E-state index is 13.3. The fraction of sp³-hybridized carbons (Fsp3) is 0.625. The second kappa shape index (κ2) is 12.0. The van der Waals surface area contributed by atoms with Gasteiger partial charge in [0.2, 0.25) is 0 Å². The zero-order chi connectivity index (χ0) is 30.0. The van der Waals surface area contributed by atoms with Crippen molar-refractivity contribution in [2.75, 3.05) is 6.61 Å². The Kier molecular flexibility index (Phi) is 8.97. The molecule has 224 valence electrons. The van der Waals surface area contributed by atoms with Gasteiger partial charge in [-0.2, -0.15) is 0 Å². The van der Waals surface area contributed by atoms with Gasteiger partial charge in [-0.15, -0.1) is 0 Å². The van der Waals surface area contributed by atoms with E-state index in [1.54, 1.807) is 6.08 Å². The van der Waals surface area contributed by atoms with Crippen LogP contribution in [0.15, 0.2) is 36.4 Å². The lowest BCUT2D eigenvalue weighted by atomic mass is 9.49. The monoisotopic (exact) mass is 570 g/mol. The molecule has 1 spiro atoms. The summed E-state index contributed by atoms with van der Waals surface area (Å²) in [5.74, 6) is -2.33. The van der Waals surface area contributed by atoms with Crippen LogP contribution in [0.2, 0.25) is 0 Å². The lowest BCUT2D eigenvalue weighted by Gasteiger charge is -2.62. The summed E-state index contributed by atoms with van der Waals surface area (Å²) in [6.45, 7) is 10.2. The van der Waals surface area contributed by atoms with Crippen molar-refractivity contribution < 1.29 is 42.9 Å². The molecule has 1 aliphatic heterocycles. The zero-order valence-corrected chi connectivity index (χ0v) is 24.8. The average molecular weight is 571 g/mol. The van der Waals surface area contributed by atoms with Crippen LogP contribution in [0, 0.1) is 17.3 Å². The number of carbonyl (C=O) groups excluding carboxylic acids is 4. The van der Waals surface area contributed by atoms with Crippen molar-refractivity contribution in [2.45, 2.75) is 103 Å². The fourth-order valence-electron chi connectivity index (χ4n) is 7.26. The summed E-state index contributed by atoms with van der Waals surface area (Å²) in [5.41, 5.74) is -2.09. The molecule has 1 aromatic rings. The molecule has 41 heavy (non-hydrogen) atoms. The number of ether oxygens (including phenoxy) is 5. The minimum absolute atomic E-state index is 0.0171. The summed E-state index contributed by atoms with van der Waals surface area (Å²) in [7, 11) is 0. The smallest absolute Gasteiger partial charge is 0.331 e. The number of fused-ring (bicyclic) bond motifs is 1. The fourth-order valence-corrected chi connectivity index (χ4v) is 7.26. The Labute approximate surface area is 241 Å². The van der Waals surface area contributed by atoms with Gasteiger partial charge < -0.3 is 23.7 Å². The third-order valence-electron chi connectivity index (χ3n) is 9.08. The lowest BCUT2D eigenvalue weighted by Crippen LogP contribution is -2.74. The van der Waals surface area contributed by atoms with Crippen LogP contribution < -0.4 is 0 Å². The van der Waals surface area contributed by atoms with E-state index in [0.29, 0.717) is 25.7 Å². The zero-order valence-electron chi connectivity index (χ0n) is 24.8. The Hall–Kier alpha value is -3.20. The number of carbonyl (C=O) groups is 4. The van der Waals surface area contributed by atoms with Crippen LogP contribution >= 0.6 is 0 Å². The van der Waals surface area contributed by atoms with Crippen LogP contribution in [-0.4, -0.2) is 60.0 Å². The second-order valence-electron chi connectivity index (χ2n) is 12.2. The quantitative estimate of drug-likeness (QED) is 0.235. The molecule has 7 atom stereocenters. The third-order valence-corrected chi connectivity index (χ3v) is 9.08. The van der Waals surface area contributed by atoms with E-state index in [1.807, 2.05) is 58.0 Å². The molecule has 4 rings (SSSR count). The Morgan fingerprint density at radius 2 is 1.71 bits per heavy atom. The highest BCUT2D eigenvalue weighted by Gasteiger charge is 2.78. The molecule has 0 radical (unpaired) electrons. The number of esters is 4. The first kappa shape index (κ1) is 30.8. The molecule has 3 aliphatic rings. The van der Waals surface area contributed by atoms with E-state index in [2.05, 4.69) is 0 Å². The summed E-state index contributed by atoms with van der Waals surface area (Å²) in [4.78, 5) is 50.9. The van der Waals surface area contributed by atoms with Crippen LogP contribution in [0.25, 0.3) is 6.08 Å². The number of benzene rings is 1. The molecule has 2 aliphatic carbocycles. The maximum absolute atomic E-state index is 13.3. The van der Waals surface area contributed by atoms with Gasteiger partial charge in [-0.1, -0.05) is 44.2 Å².